The first-order chi connectivity index (χ1) is 39.5. The molecule has 0 heterocycles. The fraction of sp³-hybridized carbons (Fsp3) is 0.770. The molecule has 0 aromatic heterocycles. The van der Waals surface area contributed by atoms with Gasteiger partial charge in [-0.05, 0) is 96.3 Å². The predicted molar refractivity (Wildman–Crippen MR) is 348 cm³/mol. The highest BCUT2D eigenvalue weighted by atomic mass is 16.6. The third-order valence-electron chi connectivity index (χ3n) is 15.1. The minimum Gasteiger partial charge on any atom is -0.462 e. The van der Waals surface area contributed by atoms with Gasteiger partial charge in [-0.25, -0.2) is 0 Å². The van der Waals surface area contributed by atoms with Crippen LogP contribution in [0.15, 0.2) is 85.1 Å². The molecule has 0 spiro atoms. The third-order valence-corrected chi connectivity index (χ3v) is 15.1. The Morgan fingerprint density at radius 2 is 0.487 bits per heavy atom. The normalized spacial score (nSPS) is 12.6. The van der Waals surface area contributed by atoms with Gasteiger partial charge in [0.1, 0.15) is 13.2 Å². The number of carbonyl (C=O) groups excluding carboxylic acids is 3. The molecule has 1 atom stereocenters. The standard InChI is InChI=1S/C74H130O6/c1-4-7-10-13-16-18-20-22-24-26-28-30-32-34-35-36-37-38-39-41-42-44-46-48-50-52-54-56-58-61-64-67-73(76)79-70-71(69-78-72(75)66-63-60-15-12-9-6-3)80-74(77)68-65-62-59-57-55-53-51-49-47-45-43-40-33-31-29-27-25-23-21-19-17-14-11-8-5-2/h8,11,17,19-20,22-23,25-26,28-29,31,40,43,71H,4-7,9-10,12-16,18,21,24,27,30,32-39,41-42,44-70H2,1-3H3/b11-8-,19-17-,22-20-,25-23-,28-26-,31-29-,43-40-. The second-order valence-corrected chi connectivity index (χ2v) is 23.1. The molecule has 0 aromatic rings. The lowest BCUT2D eigenvalue weighted by molar-refractivity contribution is -0.167. The summed E-state index contributed by atoms with van der Waals surface area (Å²) < 4.78 is 16.8. The number of hydrogen-bond acceptors (Lipinski definition) is 6. The Morgan fingerprint density at radius 3 is 0.762 bits per heavy atom. The van der Waals surface area contributed by atoms with Crippen LogP contribution < -0.4 is 0 Å². The molecule has 0 aromatic carbocycles. The second kappa shape index (κ2) is 68.1. The van der Waals surface area contributed by atoms with Gasteiger partial charge in [-0.15, -0.1) is 0 Å². The topological polar surface area (TPSA) is 78.9 Å². The van der Waals surface area contributed by atoms with Gasteiger partial charge in [-0.1, -0.05) is 318 Å². The molecule has 1 unspecified atom stereocenters. The van der Waals surface area contributed by atoms with Crippen molar-refractivity contribution in [2.45, 2.75) is 354 Å². The van der Waals surface area contributed by atoms with E-state index in [1.807, 2.05) is 0 Å². The van der Waals surface area contributed by atoms with Crippen LogP contribution in [0, 0.1) is 0 Å². The van der Waals surface area contributed by atoms with Gasteiger partial charge in [0.2, 0.25) is 0 Å². The van der Waals surface area contributed by atoms with Gasteiger partial charge in [0.05, 0.1) is 0 Å². The van der Waals surface area contributed by atoms with Crippen LogP contribution in [-0.4, -0.2) is 37.2 Å². The van der Waals surface area contributed by atoms with E-state index in [4.69, 9.17) is 14.2 Å². The Bertz CT molecular complexity index is 1520. The number of rotatable bonds is 63. The molecule has 0 radical (unpaired) electrons. The molecule has 80 heavy (non-hydrogen) atoms. The van der Waals surface area contributed by atoms with Crippen LogP contribution in [0.4, 0.5) is 0 Å². The summed E-state index contributed by atoms with van der Waals surface area (Å²) in [4.78, 5) is 38.1. The summed E-state index contributed by atoms with van der Waals surface area (Å²) in [6.45, 7) is 6.49. The highest BCUT2D eigenvalue weighted by Crippen LogP contribution is 2.17. The summed E-state index contributed by atoms with van der Waals surface area (Å²) >= 11 is 0. The Labute approximate surface area is 496 Å². The van der Waals surface area contributed by atoms with Gasteiger partial charge in [0.15, 0.2) is 6.10 Å². The Morgan fingerprint density at radius 1 is 0.263 bits per heavy atom. The van der Waals surface area contributed by atoms with E-state index in [2.05, 4.69) is 106 Å². The molecule has 0 amide bonds. The van der Waals surface area contributed by atoms with Crippen LogP contribution in [0.5, 0.6) is 0 Å². The van der Waals surface area contributed by atoms with Crippen molar-refractivity contribution in [3.8, 4) is 0 Å². The minimum absolute atomic E-state index is 0.0754. The first-order valence-corrected chi connectivity index (χ1v) is 34.6. The summed E-state index contributed by atoms with van der Waals surface area (Å²) in [5.74, 6) is -0.877. The molecule has 0 rings (SSSR count). The van der Waals surface area contributed by atoms with Crippen LogP contribution in [-0.2, 0) is 28.6 Å². The van der Waals surface area contributed by atoms with Crippen LogP contribution in [0.1, 0.15) is 348 Å². The van der Waals surface area contributed by atoms with Gasteiger partial charge in [0.25, 0.3) is 0 Å². The van der Waals surface area contributed by atoms with Crippen LogP contribution in [0.3, 0.4) is 0 Å². The van der Waals surface area contributed by atoms with Gasteiger partial charge in [-0.2, -0.15) is 0 Å². The Balaban J connectivity index is 4.02. The zero-order chi connectivity index (χ0) is 57.8. The average molecular weight is 1120 g/mol. The van der Waals surface area contributed by atoms with Crippen molar-refractivity contribution in [2.75, 3.05) is 13.2 Å². The van der Waals surface area contributed by atoms with E-state index < -0.39 is 6.10 Å². The van der Waals surface area contributed by atoms with Gasteiger partial charge < -0.3 is 14.2 Å². The van der Waals surface area contributed by atoms with Gasteiger partial charge >= 0.3 is 17.9 Å². The first kappa shape index (κ1) is 76.6. The van der Waals surface area contributed by atoms with E-state index in [-0.39, 0.29) is 31.1 Å². The SMILES string of the molecule is CC/C=C\C/C=C\C/C=C\C/C=C\C/C=C\CCCCCCCCCCCC(=O)OC(COC(=O)CCCCCCCC)COC(=O)CCCCCCCCCCCCCCCCCCCCC/C=C\C/C=C\CCCCCCC. The van der Waals surface area contributed by atoms with E-state index in [1.54, 1.807) is 0 Å². The van der Waals surface area contributed by atoms with Gasteiger partial charge in [0, 0.05) is 19.3 Å². The average Bonchev–Trinajstić information content (AvgIpc) is 3.46. The summed E-state index contributed by atoms with van der Waals surface area (Å²) in [5, 5.41) is 0. The summed E-state index contributed by atoms with van der Waals surface area (Å²) in [7, 11) is 0. The maximum atomic E-state index is 12.9. The fourth-order valence-electron chi connectivity index (χ4n) is 9.97. The number of ether oxygens (including phenoxy) is 3. The zero-order valence-electron chi connectivity index (χ0n) is 53.1. The molecule has 6 heteroatoms. The number of carbonyl (C=O) groups is 3. The highest BCUT2D eigenvalue weighted by molar-refractivity contribution is 5.71. The molecule has 0 fully saturated rings. The first-order valence-electron chi connectivity index (χ1n) is 34.6. The second-order valence-electron chi connectivity index (χ2n) is 23.1. The predicted octanol–water partition coefficient (Wildman–Crippen LogP) is 23.8. The summed E-state index contributed by atoms with van der Waals surface area (Å²) in [5.41, 5.74) is 0. The van der Waals surface area contributed by atoms with Crippen LogP contribution >= 0.6 is 0 Å². The Hall–Kier alpha value is -3.41. The van der Waals surface area contributed by atoms with E-state index in [9.17, 15) is 14.4 Å². The smallest absolute Gasteiger partial charge is 0.306 e. The van der Waals surface area contributed by atoms with Gasteiger partial charge in [-0.3, -0.25) is 14.4 Å². The van der Waals surface area contributed by atoms with Crippen molar-refractivity contribution in [3.05, 3.63) is 85.1 Å². The molecule has 0 aliphatic rings. The molecule has 6 nitrogen and oxygen atoms in total. The molecule has 0 saturated heterocycles. The van der Waals surface area contributed by atoms with Crippen LogP contribution in [0.2, 0.25) is 0 Å². The maximum absolute atomic E-state index is 12.9. The number of hydrogen-bond donors (Lipinski definition) is 0. The molecule has 0 aliphatic heterocycles. The van der Waals surface area contributed by atoms with Crippen LogP contribution in [0.25, 0.3) is 0 Å². The number of unbranched alkanes of at least 4 members (excludes halogenated alkanes) is 38. The van der Waals surface area contributed by atoms with Crippen molar-refractivity contribution in [1.82, 2.24) is 0 Å². The molecule has 0 saturated carbocycles. The molecule has 462 valence electrons. The molecule has 0 bridgehead atoms. The lowest BCUT2D eigenvalue weighted by Gasteiger charge is -2.18. The lowest BCUT2D eigenvalue weighted by Crippen LogP contribution is -2.30. The van der Waals surface area contributed by atoms with E-state index in [0.29, 0.717) is 19.3 Å². The van der Waals surface area contributed by atoms with Crippen molar-refractivity contribution in [1.29, 1.82) is 0 Å². The maximum Gasteiger partial charge on any atom is 0.306 e. The van der Waals surface area contributed by atoms with Crippen molar-refractivity contribution >= 4 is 17.9 Å². The molecular formula is C74H130O6. The fourth-order valence-corrected chi connectivity index (χ4v) is 9.97. The molecule has 0 N–H and O–H groups in total. The monoisotopic (exact) mass is 1110 g/mol. The van der Waals surface area contributed by atoms with Crippen molar-refractivity contribution in [2.24, 2.45) is 0 Å². The van der Waals surface area contributed by atoms with Crippen molar-refractivity contribution < 1.29 is 28.6 Å². The molecule has 0 aliphatic carbocycles. The number of allylic oxidation sites excluding steroid dienone is 14. The van der Waals surface area contributed by atoms with E-state index in [1.165, 1.54) is 205 Å². The van der Waals surface area contributed by atoms with E-state index >= 15 is 0 Å². The Kier molecular flexibility index (Phi) is 65.2. The summed E-state index contributed by atoms with van der Waals surface area (Å²) in [6.07, 6.45) is 90.8. The van der Waals surface area contributed by atoms with Crippen molar-refractivity contribution in [3.63, 3.8) is 0 Å². The third kappa shape index (κ3) is 65.4. The molecular weight excluding hydrogens is 985 g/mol. The number of esters is 3. The highest BCUT2D eigenvalue weighted by Gasteiger charge is 2.19. The summed E-state index contributed by atoms with van der Waals surface area (Å²) in [6, 6.07) is 0. The zero-order valence-corrected chi connectivity index (χ0v) is 53.1. The van der Waals surface area contributed by atoms with E-state index in [0.717, 1.165) is 103 Å². The largest absolute Gasteiger partial charge is 0.462 e. The quantitative estimate of drug-likeness (QED) is 0.0261. The lowest BCUT2D eigenvalue weighted by atomic mass is 10.0. The minimum atomic E-state index is -0.776.